The smallest absolute Gasteiger partial charge is 0.0702 e. The molecule has 0 radical (unpaired) electrons. The second kappa shape index (κ2) is 9.69. The number of aromatic nitrogens is 1. The average molecular weight is 587 g/mol. The number of benzene rings is 7. The van der Waals surface area contributed by atoms with Crippen molar-refractivity contribution in [1.82, 2.24) is 4.98 Å². The Morgan fingerprint density at radius 2 is 0.976 bits per heavy atom. The number of rotatable bonds is 3. The Bertz CT molecular complexity index is 2260. The summed E-state index contributed by atoms with van der Waals surface area (Å²) in [4.78, 5) is 4.70. The zero-order chi connectivity index (χ0) is 27.3. The van der Waals surface area contributed by atoms with Gasteiger partial charge in [-0.25, -0.2) is 0 Å². The van der Waals surface area contributed by atoms with Crippen LogP contribution in [0.3, 0.4) is 0 Å². The molecule has 8 aromatic rings. The summed E-state index contributed by atoms with van der Waals surface area (Å²) in [6.45, 7) is 0. The van der Waals surface area contributed by atoms with Crippen molar-refractivity contribution in [2.75, 3.05) is 0 Å². The minimum Gasteiger partial charge on any atom is -0.256 e. The van der Waals surface area contributed by atoms with Gasteiger partial charge >= 0.3 is 0 Å². The molecule has 1 nitrogen and oxygen atoms in total. The van der Waals surface area contributed by atoms with Gasteiger partial charge in [-0.1, -0.05) is 125 Å². The second-order valence-electron chi connectivity index (χ2n) is 10.5. The first-order chi connectivity index (χ1) is 20.3. The van der Waals surface area contributed by atoms with Crippen LogP contribution < -0.4 is 0 Å². The molecule has 0 unspecified atom stereocenters. The first kappa shape index (κ1) is 24.0. The van der Waals surface area contributed by atoms with Gasteiger partial charge < -0.3 is 0 Å². The summed E-state index contributed by atoms with van der Waals surface area (Å²) in [6, 6.07) is 50.3. The summed E-state index contributed by atoms with van der Waals surface area (Å²) in [5, 5.41) is 9.91. The van der Waals surface area contributed by atoms with Crippen LogP contribution in [0.5, 0.6) is 0 Å². The highest BCUT2D eigenvalue weighted by atomic mass is 79.9. The molecule has 0 spiro atoms. The van der Waals surface area contributed by atoms with Crippen molar-refractivity contribution in [3.63, 3.8) is 0 Å². The van der Waals surface area contributed by atoms with E-state index in [-0.39, 0.29) is 0 Å². The zero-order valence-electron chi connectivity index (χ0n) is 22.2. The Labute approximate surface area is 246 Å². The van der Waals surface area contributed by atoms with E-state index in [1.807, 2.05) is 12.3 Å². The number of nitrogens with zero attached hydrogens (tertiary/aromatic N) is 1. The Morgan fingerprint density at radius 3 is 1.61 bits per heavy atom. The normalized spacial score (nSPS) is 11.5. The summed E-state index contributed by atoms with van der Waals surface area (Å²) in [5.41, 5.74) is 7.07. The van der Waals surface area contributed by atoms with Crippen molar-refractivity contribution in [2.45, 2.75) is 0 Å². The van der Waals surface area contributed by atoms with E-state index in [0.29, 0.717) is 0 Å². The van der Waals surface area contributed by atoms with Gasteiger partial charge in [0.25, 0.3) is 0 Å². The van der Waals surface area contributed by atoms with E-state index in [9.17, 15) is 0 Å². The van der Waals surface area contributed by atoms with Gasteiger partial charge in [0.05, 0.1) is 5.69 Å². The van der Waals surface area contributed by atoms with Crippen LogP contribution in [0.2, 0.25) is 0 Å². The fraction of sp³-hybridized carbons (Fsp3) is 0. The van der Waals surface area contributed by atoms with E-state index in [0.717, 1.165) is 15.7 Å². The van der Waals surface area contributed by atoms with E-state index < -0.39 is 0 Å². The third-order valence-corrected chi connectivity index (χ3v) is 8.65. The lowest BCUT2D eigenvalue weighted by molar-refractivity contribution is 1.33. The summed E-state index contributed by atoms with van der Waals surface area (Å²) in [5.74, 6) is 0. The lowest BCUT2D eigenvalue weighted by atomic mass is 9.83. The molecular weight excluding hydrogens is 562 g/mol. The van der Waals surface area contributed by atoms with Crippen LogP contribution in [0, 0.1) is 0 Å². The minimum atomic E-state index is 0.973. The van der Waals surface area contributed by atoms with E-state index in [2.05, 4.69) is 149 Å². The van der Waals surface area contributed by atoms with Gasteiger partial charge in [-0.2, -0.15) is 0 Å². The van der Waals surface area contributed by atoms with Crippen LogP contribution in [0.15, 0.2) is 150 Å². The number of halogens is 1. The van der Waals surface area contributed by atoms with E-state index in [1.54, 1.807) is 0 Å². The van der Waals surface area contributed by atoms with Crippen molar-refractivity contribution in [1.29, 1.82) is 0 Å². The molecule has 1 heterocycles. The second-order valence-corrected chi connectivity index (χ2v) is 11.4. The quantitative estimate of drug-likeness (QED) is 0.188. The van der Waals surface area contributed by atoms with E-state index in [4.69, 9.17) is 4.98 Å². The molecule has 0 aliphatic rings. The lowest BCUT2D eigenvalue weighted by Gasteiger charge is -2.20. The van der Waals surface area contributed by atoms with Crippen LogP contribution in [0.4, 0.5) is 0 Å². The highest BCUT2D eigenvalue weighted by Crippen LogP contribution is 2.47. The molecule has 1 aromatic heterocycles. The minimum absolute atomic E-state index is 0.973. The Hall–Kier alpha value is -4.79. The molecule has 0 bridgehead atoms. The van der Waals surface area contributed by atoms with Crippen LogP contribution in [0.25, 0.3) is 76.6 Å². The van der Waals surface area contributed by atoms with E-state index >= 15 is 0 Å². The van der Waals surface area contributed by atoms with Crippen molar-refractivity contribution >= 4 is 59.0 Å². The number of hydrogen-bond acceptors (Lipinski definition) is 1. The van der Waals surface area contributed by atoms with Crippen LogP contribution in [-0.4, -0.2) is 4.98 Å². The van der Waals surface area contributed by atoms with Crippen molar-refractivity contribution in [3.05, 3.63) is 150 Å². The highest BCUT2D eigenvalue weighted by Gasteiger charge is 2.20. The number of fused-ring (bicyclic) bond motifs is 4. The maximum atomic E-state index is 4.70. The van der Waals surface area contributed by atoms with Gasteiger partial charge in [0.1, 0.15) is 0 Å². The molecule has 7 aromatic carbocycles. The standard InChI is InChI=1S/C39H24BrN/c40-28-19-21-34-36(24-28)39(32-16-8-12-26-10-2-4-14-30(26)32)33-20-18-27(37-17-5-6-22-41-37)23-35(33)38(34)31-15-7-11-25-9-1-3-13-29(25)31/h1-24H. The Balaban J connectivity index is 1.60. The molecule has 192 valence electrons. The highest BCUT2D eigenvalue weighted by molar-refractivity contribution is 9.10. The summed E-state index contributed by atoms with van der Waals surface area (Å²) in [6.07, 6.45) is 1.87. The van der Waals surface area contributed by atoms with Crippen molar-refractivity contribution in [2.24, 2.45) is 0 Å². The lowest BCUT2D eigenvalue weighted by Crippen LogP contribution is -1.93. The Morgan fingerprint density at radius 1 is 0.415 bits per heavy atom. The van der Waals surface area contributed by atoms with Crippen LogP contribution in [0.1, 0.15) is 0 Å². The molecule has 0 aliphatic carbocycles. The van der Waals surface area contributed by atoms with Gasteiger partial charge in [-0.3, -0.25) is 4.98 Å². The number of hydrogen-bond donors (Lipinski definition) is 0. The average Bonchev–Trinajstić information content (AvgIpc) is 3.03. The molecule has 0 atom stereocenters. The molecule has 0 saturated carbocycles. The van der Waals surface area contributed by atoms with Crippen molar-refractivity contribution in [3.8, 4) is 33.5 Å². The zero-order valence-corrected chi connectivity index (χ0v) is 23.8. The fourth-order valence-corrected chi connectivity index (χ4v) is 6.72. The van der Waals surface area contributed by atoms with Crippen molar-refractivity contribution < 1.29 is 0 Å². The molecular formula is C39H24BrN. The van der Waals surface area contributed by atoms with E-state index in [1.165, 1.54) is 65.3 Å². The number of pyridine rings is 1. The molecule has 0 fully saturated rings. The Kier molecular flexibility index (Phi) is 5.68. The topological polar surface area (TPSA) is 12.9 Å². The summed E-state index contributed by atoms with van der Waals surface area (Å²) in [7, 11) is 0. The van der Waals surface area contributed by atoms with Crippen LogP contribution >= 0.6 is 15.9 Å². The summed E-state index contributed by atoms with van der Waals surface area (Å²) >= 11 is 3.81. The van der Waals surface area contributed by atoms with Gasteiger partial charge in [0.2, 0.25) is 0 Å². The fourth-order valence-electron chi connectivity index (χ4n) is 6.36. The molecule has 0 saturated heterocycles. The predicted molar refractivity (Wildman–Crippen MR) is 178 cm³/mol. The molecule has 2 heteroatoms. The predicted octanol–water partition coefficient (Wildman–Crippen LogP) is 11.5. The molecule has 0 aliphatic heterocycles. The van der Waals surface area contributed by atoms with Gasteiger partial charge in [-0.05, 0) is 95.7 Å². The monoisotopic (exact) mass is 585 g/mol. The largest absolute Gasteiger partial charge is 0.256 e. The SMILES string of the molecule is Brc1ccc2c(-c3cccc4ccccc34)c3cc(-c4ccccn4)ccc3c(-c3cccc4ccccc34)c2c1. The third-order valence-electron chi connectivity index (χ3n) is 8.16. The van der Waals surface area contributed by atoms with Crippen LogP contribution in [-0.2, 0) is 0 Å². The maximum Gasteiger partial charge on any atom is 0.0702 e. The van der Waals surface area contributed by atoms with Gasteiger partial charge in [0.15, 0.2) is 0 Å². The third kappa shape index (κ3) is 3.95. The first-order valence-electron chi connectivity index (χ1n) is 13.8. The molecule has 41 heavy (non-hydrogen) atoms. The maximum absolute atomic E-state index is 4.70. The first-order valence-corrected chi connectivity index (χ1v) is 14.6. The molecule has 8 rings (SSSR count). The summed E-state index contributed by atoms with van der Waals surface area (Å²) < 4.78 is 1.07. The molecule has 0 N–H and O–H groups in total. The molecule has 0 amide bonds. The van der Waals surface area contributed by atoms with Gasteiger partial charge in [-0.15, -0.1) is 0 Å². The van der Waals surface area contributed by atoms with Gasteiger partial charge in [0, 0.05) is 16.2 Å².